The normalized spacial score (nSPS) is 13.3. The number of nitrogens with zero attached hydrogens (tertiary/aromatic N) is 2. The van der Waals surface area contributed by atoms with Crippen LogP contribution in [-0.2, 0) is 40.5 Å². The van der Waals surface area contributed by atoms with E-state index in [1.807, 2.05) is 0 Å². The van der Waals surface area contributed by atoms with Crippen molar-refractivity contribution < 1.29 is 75.9 Å². The number of allylic oxidation sites excluding steroid dienone is 4. The van der Waals surface area contributed by atoms with Crippen LogP contribution in [0.15, 0.2) is 54.3 Å². The Kier molecular flexibility index (Phi) is 17.9. The van der Waals surface area contributed by atoms with Crippen LogP contribution in [0.2, 0.25) is 0 Å². The Hall–Kier alpha value is -4.56. The number of amides is 2. The van der Waals surface area contributed by atoms with Gasteiger partial charge in [0, 0.05) is 73.2 Å². The molecular weight excluding hydrogens is 849 g/mol. The van der Waals surface area contributed by atoms with E-state index in [4.69, 9.17) is 9.11 Å². The highest BCUT2D eigenvalue weighted by atomic mass is 32.2. The zero-order valence-electron chi connectivity index (χ0n) is 31.9. The van der Waals surface area contributed by atoms with Crippen LogP contribution in [0.25, 0.3) is 0 Å². The number of carbonyl (C=O) groups excluding carboxylic acids is 2. The first kappa shape index (κ1) is 49.6. The first-order valence-electron chi connectivity index (χ1n) is 17.2. The van der Waals surface area contributed by atoms with Gasteiger partial charge in [0.25, 0.3) is 52.3 Å². The molecule has 0 bridgehead atoms. The Bertz CT molecular complexity index is 2430. The van der Waals surface area contributed by atoms with Crippen molar-refractivity contribution in [3.63, 3.8) is 0 Å². The van der Waals surface area contributed by atoms with Crippen LogP contribution >= 0.6 is 0 Å². The van der Waals surface area contributed by atoms with E-state index in [-0.39, 0.29) is 53.9 Å². The summed E-state index contributed by atoms with van der Waals surface area (Å²) in [5.74, 6) is -5.90. The minimum absolute atomic E-state index is 0.00141. The number of carboxylic acids is 1. The van der Waals surface area contributed by atoms with E-state index in [0.717, 1.165) is 6.07 Å². The summed E-state index contributed by atoms with van der Waals surface area (Å²) in [7, 11) is -17.7. The second kappa shape index (κ2) is 20.9. The van der Waals surface area contributed by atoms with Crippen molar-refractivity contribution >= 4 is 75.3 Å². The van der Waals surface area contributed by atoms with Crippen molar-refractivity contribution in [1.29, 1.82) is 0 Å². The maximum Gasteiger partial charge on any atom is 0.336 e. The van der Waals surface area contributed by atoms with Crippen LogP contribution in [0.4, 0.5) is 11.4 Å². The number of aromatic carboxylic acids is 1. The largest absolute Gasteiger partial charge is 0.478 e. The molecule has 20 nitrogen and oxygen atoms in total. The lowest BCUT2D eigenvalue weighted by Gasteiger charge is -2.27. The molecule has 0 saturated carbocycles. The molecule has 0 atom stereocenters. The molecule has 0 unspecified atom stereocenters. The van der Waals surface area contributed by atoms with E-state index in [9.17, 15) is 62.3 Å². The topological polar surface area (TPSA) is 319 Å². The quantitative estimate of drug-likeness (QED) is 0.0384. The predicted octanol–water partition coefficient (Wildman–Crippen LogP) is 1.86. The predicted molar refractivity (Wildman–Crippen MR) is 215 cm³/mol. The van der Waals surface area contributed by atoms with Crippen LogP contribution in [-0.4, -0.2) is 134 Å². The highest BCUT2D eigenvalue weighted by molar-refractivity contribution is 7.86. The highest BCUT2D eigenvalue weighted by Crippen LogP contribution is 2.28. The van der Waals surface area contributed by atoms with Gasteiger partial charge in [0.15, 0.2) is 5.71 Å². The maximum atomic E-state index is 13.3. The van der Waals surface area contributed by atoms with Crippen LogP contribution in [0, 0.1) is 13.8 Å². The summed E-state index contributed by atoms with van der Waals surface area (Å²) in [6.45, 7) is 5.14. The molecule has 58 heavy (non-hydrogen) atoms. The Balaban J connectivity index is 2.79. The zero-order chi connectivity index (χ0) is 44.2. The molecule has 0 aromatic heterocycles. The number of carboxylic acid groups (broad SMARTS) is 1. The first-order chi connectivity index (χ1) is 26.6. The Morgan fingerprint density at radius 1 is 0.724 bits per heavy atom. The number of anilines is 1. The average molecular weight is 896 g/mol. The van der Waals surface area contributed by atoms with Gasteiger partial charge in [-0.15, -0.1) is 0 Å². The minimum Gasteiger partial charge on any atom is -0.478 e. The van der Waals surface area contributed by atoms with Gasteiger partial charge in [-0.1, -0.05) is 12.1 Å². The van der Waals surface area contributed by atoms with Crippen LogP contribution in [0.5, 0.6) is 0 Å². The molecule has 2 aromatic rings. The van der Waals surface area contributed by atoms with E-state index in [2.05, 4.69) is 10.6 Å². The van der Waals surface area contributed by atoms with Crippen molar-refractivity contribution in [3.8, 4) is 0 Å². The number of hydrogen-bond donors (Lipinski definition) is 7. The van der Waals surface area contributed by atoms with Gasteiger partial charge in [-0.25, -0.2) is 4.79 Å². The molecule has 0 fully saturated rings. The van der Waals surface area contributed by atoms with Crippen molar-refractivity contribution in [1.82, 2.24) is 10.6 Å². The summed E-state index contributed by atoms with van der Waals surface area (Å²) in [5.41, 5.74) is 1.65. The van der Waals surface area contributed by atoms with Gasteiger partial charge in [-0.05, 0) is 57.0 Å². The molecule has 0 aliphatic rings. The molecule has 0 heterocycles. The maximum absolute atomic E-state index is 13.3. The highest BCUT2D eigenvalue weighted by Gasteiger charge is 2.26. The fourth-order valence-electron chi connectivity index (χ4n) is 5.57. The Labute approximate surface area is 337 Å². The van der Waals surface area contributed by atoms with E-state index < -0.39 is 94.4 Å². The van der Waals surface area contributed by atoms with Gasteiger partial charge < -0.3 is 20.6 Å². The summed E-state index contributed by atoms with van der Waals surface area (Å²) in [6, 6.07) is 7.00. The molecule has 24 heteroatoms. The smallest absolute Gasteiger partial charge is 0.336 e. The van der Waals surface area contributed by atoms with Crippen LogP contribution in [0.3, 0.4) is 0 Å². The monoisotopic (exact) mass is 895 g/mol. The average Bonchev–Trinajstić information content (AvgIpc) is 3.06. The van der Waals surface area contributed by atoms with Gasteiger partial charge in [0.1, 0.15) is 6.54 Å². The van der Waals surface area contributed by atoms with E-state index in [1.54, 1.807) is 50.0 Å². The number of rotatable bonds is 22. The minimum atomic E-state index is -4.47. The standard InChI is InChI=1S/C34H46N4O16S4/c1-23(37(15-7-17-55(43,44)45)30-12-6-11-28(25(30)3)34(41)42)9-5-10-24(2)38(16-8-18-56(46,47)48)31-22-27(32(39)35-13-19-57(49,50)51)21-29(26(31)4)33(40)36-14-20-58(52,53)54/h5-6,9-12,21-22H,7-8,13-20H2,1-4H3,(H6-,35,36,39,40,41,42,43,44,45,46,47,48,49,50,51,52,53,54)/p+1. The number of nitrogens with one attached hydrogen (secondary N) is 2. The molecule has 0 aliphatic heterocycles. The van der Waals surface area contributed by atoms with Gasteiger partial charge >= 0.3 is 5.97 Å². The third kappa shape index (κ3) is 17.1. The van der Waals surface area contributed by atoms with Crippen molar-refractivity contribution in [2.45, 2.75) is 40.5 Å². The first-order valence-corrected chi connectivity index (χ1v) is 23.6. The third-order valence-corrected chi connectivity index (χ3v) is 11.4. The molecule has 0 saturated heterocycles. The van der Waals surface area contributed by atoms with E-state index in [1.165, 1.54) is 29.7 Å². The van der Waals surface area contributed by atoms with Crippen molar-refractivity contribution in [2.24, 2.45) is 0 Å². The molecule has 322 valence electrons. The van der Waals surface area contributed by atoms with Crippen LogP contribution in [0.1, 0.15) is 68.9 Å². The lowest BCUT2D eigenvalue weighted by molar-refractivity contribution is -0.440. The molecule has 0 spiro atoms. The second-order valence-corrected chi connectivity index (χ2v) is 19.2. The molecule has 0 radical (unpaired) electrons. The van der Waals surface area contributed by atoms with Gasteiger partial charge in [0.2, 0.25) is 5.69 Å². The fraction of sp³-hybridized carbons (Fsp3) is 0.412. The SMILES string of the molecule is C\C(=C/C=C/C(C)=[N+](\CCCS(=O)(=O)O)c1cc(C(=O)NCCS(=O)(=O)O)cc(C(=O)NCCS(=O)(=O)O)c1C)N(CCCS(=O)(=O)O)c1cccc(C(=O)O)c1C. The summed E-state index contributed by atoms with van der Waals surface area (Å²) in [4.78, 5) is 40.1. The lowest BCUT2D eigenvalue weighted by Crippen LogP contribution is -2.31. The summed E-state index contributed by atoms with van der Waals surface area (Å²) < 4.78 is 130. The van der Waals surface area contributed by atoms with E-state index in [0.29, 0.717) is 22.7 Å². The van der Waals surface area contributed by atoms with Gasteiger partial charge in [-0.3, -0.25) is 27.8 Å². The number of hydrogen-bond acceptors (Lipinski definition) is 12. The second-order valence-electron chi connectivity index (χ2n) is 12.9. The molecule has 0 aliphatic carbocycles. The number of carbonyl (C=O) groups is 3. The summed E-state index contributed by atoms with van der Waals surface area (Å²) >= 11 is 0. The third-order valence-electron chi connectivity index (χ3n) is 8.39. The lowest BCUT2D eigenvalue weighted by atomic mass is 10.00. The molecule has 2 amide bonds. The summed E-state index contributed by atoms with van der Waals surface area (Å²) in [6.07, 6.45) is 4.48. The van der Waals surface area contributed by atoms with Crippen LogP contribution < -0.4 is 15.5 Å². The fourth-order valence-corrected chi connectivity index (χ4v) is 7.28. The molecule has 7 N–H and O–H groups in total. The van der Waals surface area contributed by atoms with Gasteiger partial charge in [0.05, 0.1) is 28.6 Å². The van der Waals surface area contributed by atoms with Crippen molar-refractivity contribution in [2.75, 3.05) is 54.1 Å². The molecular formula is C34H47N4O16S4+. The molecule has 2 aromatic carbocycles. The number of benzene rings is 2. The zero-order valence-corrected chi connectivity index (χ0v) is 35.2. The van der Waals surface area contributed by atoms with E-state index >= 15 is 0 Å². The Morgan fingerprint density at radius 3 is 1.79 bits per heavy atom. The summed E-state index contributed by atoms with van der Waals surface area (Å²) in [5, 5.41) is 14.3. The molecule has 2 rings (SSSR count). The van der Waals surface area contributed by atoms with Gasteiger partial charge in [-0.2, -0.15) is 38.2 Å². The van der Waals surface area contributed by atoms with Crippen molar-refractivity contribution in [3.05, 3.63) is 82.1 Å². The Morgan fingerprint density at radius 2 is 1.26 bits per heavy atom.